The van der Waals surface area contributed by atoms with Crippen LogP contribution >= 0.6 is 0 Å². The zero-order valence-electron chi connectivity index (χ0n) is 10.5. The first-order valence-corrected chi connectivity index (χ1v) is 6.12. The Morgan fingerprint density at radius 1 is 1.24 bits per heavy atom. The second kappa shape index (κ2) is 5.64. The molecule has 0 spiro atoms. The molecule has 0 bridgehead atoms. The molecule has 0 aliphatic carbocycles. The first kappa shape index (κ1) is 11.9. The second-order valence-corrected chi connectivity index (χ2v) is 4.11. The van der Waals surface area contributed by atoms with E-state index in [4.69, 9.17) is 0 Å². The highest BCUT2D eigenvalue weighted by Crippen LogP contribution is 2.21. The summed E-state index contributed by atoms with van der Waals surface area (Å²) in [6, 6.07) is 10.5. The van der Waals surface area contributed by atoms with Gasteiger partial charge in [0, 0.05) is 19.0 Å². The van der Waals surface area contributed by atoms with Crippen LogP contribution < -0.4 is 10.6 Å². The zero-order chi connectivity index (χ0) is 12.1. The Bertz CT molecular complexity index is 494. The molecule has 0 amide bonds. The van der Waals surface area contributed by atoms with Gasteiger partial charge in [0.2, 0.25) is 0 Å². The Morgan fingerprint density at radius 2 is 2.06 bits per heavy atom. The van der Waals surface area contributed by atoms with Crippen molar-refractivity contribution in [3.8, 4) is 0 Å². The van der Waals surface area contributed by atoms with Crippen molar-refractivity contribution >= 4 is 16.6 Å². The second-order valence-electron chi connectivity index (χ2n) is 4.11. The summed E-state index contributed by atoms with van der Waals surface area (Å²) in [5.41, 5.74) is 1.08. The number of benzene rings is 1. The van der Waals surface area contributed by atoms with Crippen molar-refractivity contribution in [2.75, 3.05) is 18.9 Å². The number of hydrogen-bond donors (Lipinski definition) is 2. The van der Waals surface area contributed by atoms with Crippen LogP contribution in [0.15, 0.2) is 30.3 Å². The molecule has 90 valence electrons. The van der Waals surface area contributed by atoms with E-state index in [9.17, 15) is 0 Å². The van der Waals surface area contributed by atoms with Gasteiger partial charge in [-0.25, -0.2) is 4.98 Å². The monoisotopic (exact) mass is 229 g/mol. The minimum Gasteiger partial charge on any atom is -0.373 e. The first-order valence-electron chi connectivity index (χ1n) is 6.12. The van der Waals surface area contributed by atoms with Gasteiger partial charge < -0.3 is 10.6 Å². The van der Waals surface area contributed by atoms with Crippen LogP contribution in [0.5, 0.6) is 0 Å². The molecular formula is C14H19N3. The van der Waals surface area contributed by atoms with Crippen LogP contribution in [0.1, 0.15) is 19.0 Å². The molecule has 0 saturated heterocycles. The Labute approximate surface area is 102 Å². The standard InChI is InChI=1S/C14H19N3/c1-3-8-16-10-12-9-11-6-4-5-7-13(11)14(15-2)17-12/h4-7,9,16H,3,8,10H2,1-2H3,(H,15,17). The third kappa shape index (κ3) is 2.74. The third-order valence-corrected chi connectivity index (χ3v) is 2.76. The normalized spacial score (nSPS) is 10.7. The van der Waals surface area contributed by atoms with Crippen LogP contribution in [0.25, 0.3) is 10.8 Å². The van der Waals surface area contributed by atoms with Gasteiger partial charge in [0.05, 0.1) is 5.69 Å². The van der Waals surface area contributed by atoms with Gasteiger partial charge in [-0.1, -0.05) is 31.2 Å². The van der Waals surface area contributed by atoms with E-state index in [1.165, 1.54) is 10.8 Å². The van der Waals surface area contributed by atoms with Gasteiger partial charge in [0.1, 0.15) is 5.82 Å². The average Bonchev–Trinajstić information content (AvgIpc) is 2.38. The lowest BCUT2D eigenvalue weighted by Crippen LogP contribution is -2.15. The summed E-state index contributed by atoms with van der Waals surface area (Å²) in [5, 5.41) is 8.95. The van der Waals surface area contributed by atoms with Crippen LogP contribution in [0.2, 0.25) is 0 Å². The number of hydrogen-bond acceptors (Lipinski definition) is 3. The molecule has 2 rings (SSSR count). The molecule has 0 aliphatic heterocycles. The molecule has 0 unspecified atom stereocenters. The molecule has 3 heteroatoms. The summed E-state index contributed by atoms with van der Waals surface area (Å²) in [6.45, 7) is 4.02. The van der Waals surface area contributed by atoms with Gasteiger partial charge in [-0.05, 0) is 24.4 Å². The quantitative estimate of drug-likeness (QED) is 0.774. The van der Waals surface area contributed by atoms with E-state index in [-0.39, 0.29) is 0 Å². The lowest BCUT2D eigenvalue weighted by molar-refractivity contribution is 0.665. The van der Waals surface area contributed by atoms with Crippen LogP contribution in [-0.4, -0.2) is 18.6 Å². The van der Waals surface area contributed by atoms with Gasteiger partial charge in [0.15, 0.2) is 0 Å². The Balaban J connectivity index is 2.32. The van der Waals surface area contributed by atoms with Crippen molar-refractivity contribution in [1.82, 2.24) is 10.3 Å². The summed E-state index contributed by atoms with van der Waals surface area (Å²) in [7, 11) is 1.91. The predicted molar refractivity (Wildman–Crippen MR) is 73.3 cm³/mol. The highest BCUT2D eigenvalue weighted by molar-refractivity contribution is 5.92. The number of pyridine rings is 1. The molecule has 2 aromatic rings. The summed E-state index contributed by atoms with van der Waals surface area (Å²) in [5.74, 6) is 0.955. The van der Waals surface area contributed by atoms with Crippen molar-refractivity contribution in [1.29, 1.82) is 0 Å². The third-order valence-electron chi connectivity index (χ3n) is 2.76. The van der Waals surface area contributed by atoms with E-state index in [1.54, 1.807) is 0 Å². The molecule has 0 saturated carbocycles. The van der Waals surface area contributed by atoms with Gasteiger partial charge >= 0.3 is 0 Å². The van der Waals surface area contributed by atoms with E-state index in [1.807, 2.05) is 13.1 Å². The van der Waals surface area contributed by atoms with Gasteiger partial charge in [0.25, 0.3) is 0 Å². The van der Waals surface area contributed by atoms with Gasteiger partial charge in [-0.15, -0.1) is 0 Å². The van der Waals surface area contributed by atoms with Crippen molar-refractivity contribution in [2.45, 2.75) is 19.9 Å². The summed E-state index contributed by atoms with van der Waals surface area (Å²) < 4.78 is 0. The summed E-state index contributed by atoms with van der Waals surface area (Å²) in [6.07, 6.45) is 1.15. The minimum atomic E-state index is 0.827. The zero-order valence-corrected chi connectivity index (χ0v) is 10.5. The maximum atomic E-state index is 4.62. The molecular weight excluding hydrogens is 210 g/mol. The van der Waals surface area contributed by atoms with Crippen LogP contribution in [0.3, 0.4) is 0 Å². The number of rotatable bonds is 5. The molecule has 1 heterocycles. The number of nitrogens with one attached hydrogen (secondary N) is 2. The average molecular weight is 229 g/mol. The number of fused-ring (bicyclic) bond motifs is 1. The van der Waals surface area contributed by atoms with Crippen molar-refractivity contribution in [2.24, 2.45) is 0 Å². The number of anilines is 1. The predicted octanol–water partition coefficient (Wildman–Crippen LogP) is 2.78. The first-order chi connectivity index (χ1) is 8.35. The van der Waals surface area contributed by atoms with Gasteiger partial charge in [-0.3, -0.25) is 0 Å². The lowest BCUT2D eigenvalue weighted by atomic mass is 10.1. The Hall–Kier alpha value is -1.61. The van der Waals surface area contributed by atoms with E-state index >= 15 is 0 Å². The summed E-state index contributed by atoms with van der Waals surface area (Å²) in [4.78, 5) is 4.62. The molecule has 0 aliphatic rings. The lowest BCUT2D eigenvalue weighted by Gasteiger charge is -2.09. The molecule has 3 nitrogen and oxygen atoms in total. The van der Waals surface area contributed by atoms with Crippen molar-refractivity contribution in [3.05, 3.63) is 36.0 Å². The molecule has 0 radical (unpaired) electrons. The van der Waals surface area contributed by atoms with E-state index < -0.39 is 0 Å². The smallest absolute Gasteiger partial charge is 0.133 e. The van der Waals surface area contributed by atoms with Crippen molar-refractivity contribution < 1.29 is 0 Å². The van der Waals surface area contributed by atoms with Gasteiger partial charge in [-0.2, -0.15) is 0 Å². The highest BCUT2D eigenvalue weighted by Gasteiger charge is 2.03. The Morgan fingerprint density at radius 3 is 2.82 bits per heavy atom. The molecule has 1 aromatic carbocycles. The molecule has 1 aromatic heterocycles. The fraction of sp³-hybridized carbons (Fsp3) is 0.357. The SMILES string of the molecule is CCCNCc1cc2ccccc2c(NC)n1. The number of aromatic nitrogens is 1. The molecule has 0 atom stereocenters. The van der Waals surface area contributed by atoms with Crippen LogP contribution in [0, 0.1) is 0 Å². The maximum Gasteiger partial charge on any atom is 0.133 e. The maximum absolute atomic E-state index is 4.62. The highest BCUT2D eigenvalue weighted by atomic mass is 15.0. The largest absolute Gasteiger partial charge is 0.373 e. The number of nitrogens with zero attached hydrogens (tertiary/aromatic N) is 1. The van der Waals surface area contributed by atoms with E-state index in [0.29, 0.717) is 0 Å². The molecule has 17 heavy (non-hydrogen) atoms. The van der Waals surface area contributed by atoms with Crippen molar-refractivity contribution in [3.63, 3.8) is 0 Å². The molecule has 2 N–H and O–H groups in total. The molecule has 0 fully saturated rings. The van der Waals surface area contributed by atoms with E-state index in [2.05, 4.69) is 46.8 Å². The summed E-state index contributed by atoms with van der Waals surface area (Å²) >= 11 is 0. The topological polar surface area (TPSA) is 37.0 Å². The van der Waals surface area contributed by atoms with Crippen LogP contribution in [0.4, 0.5) is 5.82 Å². The minimum absolute atomic E-state index is 0.827. The Kier molecular flexibility index (Phi) is 3.94. The van der Waals surface area contributed by atoms with E-state index in [0.717, 1.165) is 31.0 Å². The fourth-order valence-corrected chi connectivity index (χ4v) is 1.93. The fourth-order valence-electron chi connectivity index (χ4n) is 1.93. The van der Waals surface area contributed by atoms with Crippen LogP contribution in [-0.2, 0) is 6.54 Å².